The first-order valence-corrected chi connectivity index (χ1v) is 5.96. The third-order valence-electron chi connectivity index (χ3n) is 3.15. The number of benzene rings is 1. The molecule has 0 aliphatic carbocycles. The predicted molar refractivity (Wildman–Crippen MR) is 69.3 cm³/mol. The zero-order valence-electron chi connectivity index (χ0n) is 10.6. The average molecular weight is 264 g/mol. The van der Waals surface area contributed by atoms with Gasteiger partial charge in [-0.15, -0.1) is 0 Å². The molecule has 1 unspecified atom stereocenters. The molecule has 6 heteroatoms. The Balaban J connectivity index is 2.23. The molecule has 0 radical (unpaired) electrons. The number of hydrogen-bond donors (Lipinski definition) is 2. The molecule has 1 aromatic rings. The Morgan fingerprint density at radius 3 is 2.89 bits per heavy atom. The Kier molecular flexibility index (Phi) is 3.82. The van der Waals surface area contributed by atoms with Crippen molar-refractivity contribution in [3.8, 4) is 0 Å². The minimum absolute atomic E-state index is 0.165. The molecular weight excluding hydrogens is 248 g/mol. The van der Waals surface area contributed by atoms with E-state index in [4.69, 9.17) is 15.6 Å². The highest BCUT2D eigenvalue weighted by atomic mass is 16.5. The van der Waals surface area contributed by atoms with Crippen molar-refractivity contribution < 1.29 is 19.4 Å². The highest BCUT2D eigenvalue weighted by Gasteiger charge is 2.28. The van der Waals surface area contributed by atoms with Crippen molar-refractivity contribution in [2.45, 2.75) is 12.5 Å². The Labute approximate surface area is 110 Å². The molecule has 6 nitrogen and oxygen atoms in total. The van der Waals surface area contributed by atoms with E-state index in [2.05, 4.69) is 0 Å². The molecule has 0 bridgehead atoms. The number of nitrogens with zero attached hydrogens (tertiary/aromatic N) is 1. The molecule has 2 rings (SSSR count). The van der Waals surface area contributed by atoms with Crippen LogP contribution in [0.25, 0.3) is 0 Å². The molecule has 1 aliphatic rings. The third-order valence-corrected chi connectivity index (χ3v) is 3.15. The Hall–Kier alpha value is -1.92. The minimum Gasteiger partial charge on any atom is -0.478 e. The summed E-state index contributed by atoms with van der Waals surface area (Å²) < 4.78 is 4.87. The van der Waals surface area contributed by atoms with E-state index in [9.17, 15) is 9.59 Å². The van der Waals surface area contributed by atoms with Gasteiger partial charge in [-0.3, -0.25) is 4.79 Å². The maximum Gasteiger partial charge on any atom is 0.335 e. The second kappa shape index (κ2) is 5.38. The highest BCUT2D eigenvalue weighted by Crippen LogP contribution is 2.29. The summed E-state index contributed by atoms with van der Waals surface area (Å²) in [5.74, 6) is -1.17. The van der Waals surface area contributed by atoms with Gasteiger partial charge in [-0.05, 0) is 30.2 Å². The number of nitrogens with two attached hydrogens (primary N) is 1. The van der Waals surface area contributed by atoms with Gasteiger partial charge in [0.15, 0.2) is 0 Å². The number of ether oxygens (including phenoxy) is 1. The Bertz CT molecular complexity index is 515. The van der Waals surface area contributed by atoms with Crippen LogP contribution in [0.5, 0.6) is 0 Å². The fourth-order valence-corrected chi connectivity index (χ4v) is 2.21. The second-order valence-electron chi connectivity index (χ2n) is 4.45. The van der Waals surface area contributed by atoms with Gasteiger partial charge in [0.2, 0.25) is 5.91 Å². The summed E-state index contributed by atoms with van der Waals surface area (Å²) in [5.41, 5.74) is 7.56. The van der Waals surface area contributed by atoms with Crippen LogP contribution in [0.1, 0.15) is 15.9 Å². The van der Waals surface area contributed by atoms with E-state index in [1.54, 1.807) is 17.0 Å². The molecule has 1 aliphatic heterocycles. The summed E-state index contributed by atoms with van der Waals surface area (Å²) in [7, 11) is 1.49. The molecule has 102 valence electrons. The summed E-state index contributed by atoms with van der Waals surface area (Å²) in [6, 6.07) is 4.06. The number of carbonyl (C=O) groups is 2. The average Bonchev–Trinajstić information content (AvgIpc) is 2.80. The van der Waals surface area contributed by atoms with E-state index in [0.717, 1.165) is 11.3 Å². The largest absolute Gasteiger partial charge is 0.478 e. The first-order chi connectivity index (χ1) is 9.04. The lowest BCUT2D eigenvalue weighted by Crippen LogP contribution is -2.45. The molecule has 1 atom stereocenters. The maximum absolute atomic E-state index is 12.1. The lowest BCUT2D eigenvalue weighted by molar-refractivity contribution is -0.120. The van der Waals surface area contributed by atoms with Crippen LogP contribution >= 0.6 is 0 Å². The van der Waals surface area contributed by atoms with Crippen molar-refractivity contribution in [2.75, 3.05) is 25.2 Å². The van der Waals surface area contributed by atoms with Gasteiger partial charge in [-0.1, -0.05) is 0 Å². The number of carboxylic acid groups (broad SMARTS) is 1. The van der Waals surface area contributed by atoms with Gasteiger partial charge in [0.05, 0.1) is 12.2 Å². The zero-order valence-corrected chi connectivity index (χ0v) is 10.6. The number of carboxylic acids is 1. The number of hydrogen-bond acceptors (Lipinski definition) is 4. The molecule has 1 heterocycles. The number of fused-ring (bicyclic) bond motifs is 1. The third kappa shape index (κ3) is 2.59. The molecule has 1 aromatic carbocycles. The summed E-state index contributed by atoms with van der Waals surface area (Å²) in [6.07, 6.45) is 0.641. The molecule has 19 heavy (non-hydrogen) atoms. The molecule has 0 spiro atoms. The molecule has 3 N–H and O–H groups in total. The first-order valence-electron chi connectivity index (χ1n) is 5.96. The van der Waals surface area contributed by atoms with Gasteiger partial charge < -0.3 is 20.5 Å². The van der Waals surface area contributed by atoms with E-state index in [0.29, 0.717) is 13.0 Å². The van der Waals surface area contributed by atoms with E-state index in [1.807, 2.05) is 0 Å². The van der Waals surface area contributed by atoms with Gasteiger partial charge in [-0.2, -0.15) is 0 Å². The van der Waals surface area contributed by atoms with Crippen LogP contribution in [0, 0.1) is 0 Å². The smallest absolute Gasteiger partial charge is 0.335 e. The molecule has 0 aromatic heterocycles. The second-order valence-corrected chi connectivity index (χ2v) is 4.45. The number of aromatic carboxylic acids is 1. The Morgan fingerprint density at radius 1 is 1.53 bits per heavy atom. The van der Waals surface area contributed by atoms with Crippen molar-refractivity contribution in [3.63, 3.8) is 0 Å². The lowest BCUT2D eigenvalue weighted by Gasteiger charge is -2.21. The molecular formula is C13H16N2O4. The maximum atomic E-state index is 12.1. The Morgan fingerprint density at radius 2 is 2.26 bits per heavy atom. The van der Waals surface area contributed by atoms with Crippen LogP contribution in [-0.2, 0) is 16.0 Å². The lowest BCUT2D eigenvalue weighted by atomic mass is 10.1. The topological polar surface area (TPSA) is 92.9 Å². The van der Waals surface area contributed by atoms with E-state index >= 15 is 0 Å². The molecule has 0 fully saturated rings. The zero-order chi connectivity index (χ0) is 14.0. The van der Waals surface area contributed by atoms with Crippen molar-refractivity contribution in [1.82, 2.24) is 0 Å². The van der Waals surface area contributed by atoms with Gasteiger partial charge in [-0.25, -0.2) is 4.79 Å². The quantitative estimate of drug-likeness (QED) is 0.813. The van der Waals surface area contributed by atoms with Crippen LogP contribution in [0.3, 0.4) is 0 Å². The normalized spacial score (nSPS) is 15.2. The molecule has 0 saturated heterocycles. The van der Waals surface area contributed by atoms with Crippen LogP contribution in [0.15, 0.2) is 18.2 Å². The number of methoxy groups -OCH3 is 1. The van der Waals surface area contributed by atoms with Gasteiger partial charge in [0, 0.05) is 19.3 Å². The van der Waals surface area contributed by atoms with Crippen LogP contribution in [0.4, 0.5) is 5.69 Å². The van der Waals surface area contributed by atoms with Crippen molar-refractivity contribution in [2.24, 2.45) is 5.73 Å². The SMILES string of the molecule is COCC(N)C(=O)N1CCc2cc(C(=O)O)ccc21. The molecule has 1 amide bonds. The van der Waals surface area contributed by atoms with Gasteiger partial charge in [0.1, 0.15) is 6.04 Å². The van der Waals surface area contributed by atoms with Crippen LogP contribution < -0.4 is 10.6 Å². The summed E-state index contributed by atoms with van der Waals surface area (Å²) in [5, 5.41) is 8.93. The number of anilines is 1. The van der Waals surface area contributed by atoms with E-state index in [1.165, 1.54) is 13.2 Å². The standard InChI is InChI=1S/C13H16N2O4/c1-19-7-10(14)12(16)15-5-4-8-6-9(13(17)18)2-3-11(8)15/h2-3,6,10H,4-5,7,14H2,1H3,(H,17,18). The number of rotatable bonds is 4. The number of amides is 1. The van der Waals surface area contributed by atoms with E-state index < -0.39 is 12.0 Å². The summed E-state index contributed by atoms with van der Waals surface area (Å²) in [4.78, 5) is 24.6. The predicted octanol–water partition coefficient (Wildman–Crippen LogP) is 0.248. The van der Waals surface area contributed by atoms with Gasteiger partial charge in [0.25, 0.3) is 0 Å². The van der Waals surface area contributed by atoms with Crippen LogP contribution in [0.2, 0.25) is 0 Å². The monoisotopic (exact) mass is 264 g/mol. The highest BCUT2D eigenvalue weighted by molar-refractivity contribution is 5.99. The van der Waals surface area contributed by atoms with Gasteiger partial charge >= 0.3 is 5.97 Å². The van der Waals surface area contributed by atoms with E-state index in [-0.39, 0.29) is 18.1 Å². The molecule has 0 saturated carbocycles. The van der Waals surface area contributed by atoms with Crippen molar-refractivity contribution in [3.05, 3.63) is 29.3 Å². The fraction of sp³-hybridized carbons (Fsp3) is 0.385. The first kappa shape index (κ1) is 13.5. The summed E-state index contributed by atoms with van der Waals surface area (Å²) >= 11 is 0. The summed E-state index contributed by atoms with van der Waals surface area (Å²) in [6.45, 7) is 0.687. The van der Waals surface area contributed by atoms with Crippen molar-refractivity contribution in [1.29, 1.82) is 0 Å². The fourth-order valence-electron chi connectivity index (χ4n) is 2.21. The minimum atomic E-state index is -0.969. The number of carbonyl (C=O) groups excluding carboxylic acids is 1. The van der Waals surface area contributed by atoms with Crippen LogP contribution in [-0.4, -0.2) is 43.3 Å². The van der Waals surface area contributed by atoms with Crippen molar-refractivity contribution >= 4 is 17.6 Å².